The Morgan fingerprint density at radius 3 is 2.46 bits per heavy atom. The summed E-state index contributed by atoms with van der Waals surface area (Å²) in [6.07, 6.45) is 5.56. The van der Waals surface area contributed by atoms with Crippen LogP contribution in [0.5, 0.6) is 0 Å². The molecule has 26 heavy (non-hydrogen) atoms. The summed E-state index contributed by atoms with van der Waals surface area (Å²) in [6.45, 7) is 5.18. The number of amides is 2. The molecule has 0 saturated carbocycles. The van der Waals surface area contributed by atoms with Crippen LogP contribution in [0.4, 0.5) is 5.69 Å². The largest absolute Gasteiger partial charge is 0.339 e. The number of benzene rings is 1. The molecule has 0 aliphatic carbocycles. The molecule has 5 heteroatoms. The maximum Gasteiger partial charge on any atom is 0.253 e. The SMILES string of the molecule is CC(C)C(=O)Nc1cccc(C(=O)N2CCC(c3ccncc3)CC2)c1. The number of nitrogens with zero attached hydrogens (tertiary/aromatic N) is 2. The Balaban J connectivity index is 1.62. The molecule has 0 spiro atoms. The number of anilines is 1. The van der Waals surface area contributed by atoms with Crippen LogP contribution in [0.25, 0.3) is 0 Å². The van der Waals surface area contributed by atoms with E-state index in [0.717, 1.165) is 25.9 Å². The Labute approximate surface area is 154 Å². The first kappa shape index (κ1) is 18.1. The molecule has 0 radical (unpaired) electrons. The van der Waals surface area contributed by atoms with Crippen LogP contribution in [0, 0.1) is 5.92 Å². The fraction of sp³-hybridized carbons (Fsp3) is 0.381. The van der Waals surface area contributed by atoms with Crippen LogP contribution in [-0.2, 0) is 4.79 Å². The first-order valence-electron chi connectivity index (χ1n) is 9.14. The van der Waals surface area contributed by atoms with E-state index in [4.69, 9.17) is 0 Å². The zero-order valence-corrected chi connectivity index (χ0v) is 15.3. The predicted molar refractivity (Wildman–Crippen MR) is 102 cm³/mol. The lowest BCUT2D eigenvalue weighted by Crippen LogP contribution is -2.38. The van der Waals surface area contributed by atoms with Gasteiger partial charge in [0.1, 0.15) is 0 Å². The highest BCUT2D eigenvalue weighted by molar-refractivity contribution is 5.97. The lowest BCUT2D eigenvalue weighted by molar-refractivity contribution is -0.118. The van der Waals surface area contributed by atoms with Crippen molar-refractivity contribution in [1.29, 1.82) is 0 Å². The van der Waals surface area contributed by atoms with Crippen LogP contribution in [0.2, 0.25) is 0 Å². The summed E-state index contributed by atoms with van der Waals surface area (Å²) in [6, 6.07) is 11.3. The van der Waals surface area contributed by atoms with Crippen molar-refractivity contribution in [2.45, 2.75) is 32.6 Å². The van der Waals surface area contributed by atoms with Gasteiger partial charge in [0.2, 0.25) is 5.91 Å². The molecule has 0 atom stereocenters. The van der Waals surface area contributed by atoms with Gasteiger partial charge in [0, 0.05) is 42.7 Å². The molecule has 2 amide bonds. The highest BCUT2D eigenvalue weighted by Crippen LogP contribution is 2.28. The third-order valence-electron chi connectivity index (χ3n) is 4.86. The highest BCUT2D eigenvalue weighted by Gasteiger charge is 2.24. The second-order valence-electron chi connectivity index (χ2n) is 7.07. The zero-order chi connectivity index (χ0) is 18.5. The predicted octanol–water partition coefficient (Wildman–Crippen LogP) is 3.70. The fourth-order valence-electron chi connectivity index (χ4n) is 3.25. The van der Waals surface area contributed by atoms with Gasteiger partial charge >= 0.3 is 0 Å². The molecule has 0 bridgehead atoms. The third kappa shape index (κ3) is 4.28. The summed E-state index contributed by atoms with van der Waals surface area (Å²) >= 11 is 0. The Morgan fingerprint density at radius 1 is 1.12 bits per heavy atom. The maximum absolute atomic E-state index is 12.8. The minimum atomic E-state index is -0.0958. The van der Waals surface area contributed by atoms with Gasteiger partial charge in [-0.15, -0.1) is 0 Å². The first-order chi connectivity index (χ1) is 12.5. The molecule has 1 fully saturated rings. The van der Waals surface area contributed by atoms with Crippen LogP contribution in [0.15, 0.2) is 48.8 Å². The lowest BCUT2D eigenvalue weighted by atomic mass is 9.90. The van der Waals surface area contributed by atoms with E-state index in [1.165, 1.54) is 5.56 Å². The number of aromatic nitrogens is 1. The maximum atomic E-state index is 12.8. The van der Waals surface area contributed by atoms with Gasteiger partial charge in [-0.1, -0.05) is 19.9 Å². The number of piperidine rings is 1. The monoisotopic (exact) mass is 351 g/mol. The summed E-state index contributed by atoms with van der Waals surface area (Å²) in [4.78, 5) is 30.6. The van der Waals surface area contributed by atoms with E-state index in [0.29, 0.717) is 17.2 Å². The number of pyridine rings is 1. The molecule has 1 N–H and O–H groups in total. The molecule has 2 heterocycles. The van der Waals surface area contributed by atoms with Crippen molar-refractivity contribution in [3.63, 3.8) is 0 Å². The molecule has 5 nitrogen and oxygen atoms in total. The molecule has 1 aliphatic heterocycles. The Morgan fingerprint density at radius 2 is 1.81 bits per heavy atom. The van der Waals surface area contributed by atoms with Crippen molar-refractivity contribution in [2.24, 2.45) is 5.92 Å². The first-order valence-corrected chi connectivity index (χ1v) is 9.14. The smallest absolute Gasteiger partial charge is 0.253 e. The van der Waals surface area contributed by atoms with Crippen molar-refractivity contribution in [3.05, 3.63) is 59.9 Å². The van der Waals surface area contributed by atoms with Crippen LogP contribution in [0.3, 0.4) is 0 Å². The molecule has 1 aromatic heterocycles. The molecule has 1 aromatic carbocycles. The number of hydrogen-bond donors (Lipinski definition) is 1. The van der Waals surface area contributed by atoms with Crippen molar-refractivity contribution in [1.82, 2.24) is 9.88 Å². The summed E-state index contributed by atoms with van der Waals surface area (Å²) in [5.74, 6) is 0.367. The van der Waals surface area contributed by atoms with E-state index in [9.17, 15) is 9.59 Å². The average molecular weight is 351 g/mol. The normalized spacial score (nSPS) is 15.1. The molecule has 2 aromatic rings. The van der Waals surface area contributed by atoms with E-state index in [1.807, 2.05) is 49.3 Å². The number of rotatable bonds is 4. The summed E-state index contributed by atoms with van der Waals surface area (Å²) in [5, 5.41) is 2.85. The molecule has 0 unspecified atom stereocenters. The molecule has 136 valence electrons. The van der Waals surface area contributed by atoms with E-state index >= 15 is 0 Å². The Hall–Kier alpha value is -2.69. The van der Waals surface area contributed by atoms with Crippen molar-refractivity contribution in [3.8, 4) is 0 Å². The highest BCUT2D eigenvalue weighted by atomic mass is 16.2. The van der Waals surface area contributed by atoms with Gasteiger partial charge in [0.05, 0.1) is 0 Å². The number of carbonyl (C=O) groups excluding carboxylic acids is 2. The van der Waals surface area contributed by atoms with Crippen LogP contribution in [-0.4, -0.2) is 34.8 Å². The van der Waals surface area contributed by atoms with Gasteiger partial charge in [0.15, 0.2) is 0 Å². The fourth-order valence-corrected chi connectivity index (χ4v) is 3.25. The standard InChI is InChI=1S/C21H25N3O2/c1-15(2)20(25)23-19-5-3-4-18(14-19)21(26)24-12-8-17(9-13-24)16-6-10-22-11-7-16/h3-7,10-11,14-15,17H,8-9,12-13H2,1-2H3,(H,23,25). The van der Waals surface area contributed by atoms with Gasteiger partial charge in [-0.25, -0.2) is 0 Å². The molecule has 1 saturated heterocycles. The van der Waals surface area contributed by atoms with Crippen molar-refractivity contribution in [2.75, 3.05) is 18.4 Å². The van der Waals surface area contributed by atoms with Crippen LogP contribution >= 0.6 is 0 Å². The third-order valence-corrected chi connectivity index (χ3v) is 4.86. The average Bonchev–Trinajstić information content (AvgIpc) is 2.68. The van der Waals surface area contributed by atoms with Crippen LogP contribution < -0.4 is 5.32 Å². The minimum Gasteiger partial charge on any atom is -0.339 e. The number of hydrogen-bond acceptors (Lipinski definition) is 3. The Kier molecular flexibility index (Phi) is 5.66. The number of likely N-dealkylation sites (tertiary alicyclic amines) is 1. The van der Waals surface area contributed by atoms with Crippen molar-refractivity contribution < 1.29 is 9.59 Å². The summed E-state index contributed by atoms with van der Waals surface area (Å²) < 4.78 is 0. The summed E-state index contributed by atoms with van der Waals surface area (Å²) in [5.41, 5.74) is 2.58. The van der Waals surface area contributed by atoms with E-state index < -0.39 is 0 Å². The molecular weight excluding hydrogens is 326 g/mol. The van der Waals surface area contributed by atoms with Gasteiger partial charge < -0.3 is 10.2 Å². The topological polar surface area (TPSA) is 62.3 Å². The van der Waals surface area contributed by atoms with E-state index in [2.05, 4.69) is 22.4 Å². The van der Waals surface area contributed by atoms with Gasteiger partial charge in [-0.2, -0.15) is 0 Å². The van der Waals surface area contributed by atoms with Crippen molar-refractivity contribution >= 4 is 17.5 Å². The molecule has 1 aliphatic rings. The lowest BCUT2D eigenvalue weighted by Gasteiger charge is -2.32. The van der Waals surface area contributed by atoms with Gasteiger partial charge in [-0.05, 0) is 54.7 Å². The quantitative estimate of drug-likeness (QED) is 0.914. The van der Waals surface area contributed by atoms with Crippen LogP contribution in [0.1, 0.15) is 48.5 Å². The Bertz CT molecular complexity index is 766. The minimum absolute atomic E-state index is 0.0267. The van der Waals surface area contributed by atoms with E-state index in [-0.39, 0.29) is 17.7 Å². The molecule has 3 rings (SSSR count). The van der Waals surface area contributed by atoms with E-state index in [1.54, 1.807) is 6.07 Å². The number of nitrogens with one attached hydrogen (secondary N) is 1. The molecular formula is C21H25N3O2. The number of carbonyl (C=O) groups is 2. The van der Waals surface area contributed by atoms with Gasteiger partial charge in [-0.3, -0.25) is 14.6 Å². The van der Waals surface area contributed by atoms with Gasteiger partial charge in [0.25, 0.3) is 5.91 Å². The second kappa shape index (κ2) is 8.13. The summed E-state index contributed by atoms with van der Waals surface area (Å²) in [7, 11) is 0. The second-order valence-corrected chi connectivity index (χ2v) is 7.07. The zero-order valence-electron chi connectivity index (χ0n) is 15.3.